The van der Waals surface area contributed by atoms with Gasteiger partial charge in [0.05, 0.1) is 31.7 Å². The van der Waals surface area contributed by atoms with E-state index in [9.17, 15) is 4.79 Å². The van der Waals surface area contributed by atoms with E-state index in [0.29, 0.717) is 34.8 Å². The lowest BCUT2D eigenvalue weighted by Crippen LogP contribution is -2.24. The van der Waals surface area contributed by atoms with E-state index < -0.39 is 0 Å². The minimum absolute atomic E-state index is 0.0558. The molecule has 0 atom stereocenters. The third kappa shape index (κ3) is 2.89. The molecule has 0 aliphatic rings. The molecule has 0 aliphatic heterocycles. The SMILES string of the molecule is COc1cc(Br)c(Cn2c(C)nc3ccccc3c2=O)cc1OC. The molecule has 6 heteroatoms. The summed E-state index contributed by atoms with van der Waals surface area (Å²) in [4.78, 5) is 17.3. The van der Waals surface area contributed by atoms with Crippen molar-refractivity contribution in [3.8, 4) is 11.5 Å². The summed E-state index contributed by atoms with van der Waals surface area (Å²) in [6, 6.07) is 11.1. The van der Waals surface area contributed by atoms with Crippen LogP contribution in [0.2, 0.25) is 0 Å². The highest BCUT2D eigenvalue weighted by molar-refractivity contribution is 9.10. The summed E-state index contributed by atoms with van der Waals surface area (Å²) < 4.78 is 13.2. The Balaban J connectivity index is 2.12. The number of aromatic nitrogens is 2. The molecule has 24 heavy (non-hydrogen) atoms. The Morgan fingerprint density at radius 1 is 1.12 bits per heavy atom. The number of para-hydroxylation sites is 1. The molecule has 1 heterocycles. The van der Waals surface area contributed by atoms with Crippen molar-refractivity contribution in [1.82, 2.24) is 9.55 Å². The molecule has 0 amide bonds. The molecule has 0 bridgehead atoms. The van der Waals surface area contributed by atoms with Gasteiger partial charge in [0.25, 0.3) is 5.56 Å². The molecule has 0 radical (unpaired) electrons. The molecule has 0 spiro atoms. The largest absolute Gasteiger partial charge is 0.493 e. The van der Waals surface area contributed by atoms with Gasteiger partial charge in [-0.1, -0.05) is 28.1 Å². The first-order valence-electron chi connectivity index (χ1n) is 7.41. The summed E-state index contributed by atoms with van der Waals surface area (Å²) in [7, 11) is 3.18. The van der Waals surface area contributed by atoms with Crippen molar-refractivity contribution in [2.24, 2.45) is 0 Å². The highest BCUT2D eigenvalue weighted by atomic mass is 79.9. The fraction of sp³-hybridized carbons (Fsp3) is 0.222. The maximum atomic E-state index is 12.8. The number of methoxy groups -OCH3 is 2. The van der Waals surface area contributed by atoms with Crippen molar-refractivity contribution in [3.05, 3.63) is 62.6 Å². The van der Waals surface area contributed by atoms with Crippen molar-refractivity contribution in [2.45, 2.75) is 13.5 Å². The molecule has 0 aliphatic carbocycles. The molecule has 0 saturated carbocycles. The maximum Gasteiger partial charge on any atom is 0.261 e. The Kier molecular flexibility index (Phi) is 4.57. The Morgan fingerprint density at radius 2 is 1.79 bits per heavy atom. The van der Waals surface area contributed by atoms with Crippen LogP contribution in [0.15, 0.2) is 45.7 Å². The number of fused-ring (bicyclic) bond motifs is 1. The number of ether oxygens (including phenoxy) is 2. The van der Waals surface area contributed by atoms with Crippen molar-refractivity contribution < 1.29 is 9.47 Å². The number of benzene rings is 2. The Labute approximate surface area is 148 Å². The molecule has 0 unspecified atom stereocenters. The van der Waals surface area contributed by atoms with E-state index in [1.165, 1.54) is 0 Å². The minimum Gasteiger partial charge on any atom is -0.493 e. The van der Waals surface area contributed by atoms with Gasteiger partial charge < -0.3 is 9.47 Å². The van der Waals surface area contributed by atoms with Crippen LogP contribution in [0.3, 0.4) is 0 Å². The summed E-state index contributed by atoms with van der Waals surface area (Å²) in [5.74, 6) is 1.92. The second-order valence-electron chi connectivity index (χ2n) is 5.37. The van der Waals surface area contributed by atoms with Crippen LogP contribution in [0.5, 0.6) is 11.5 Å². The third-order valence-corrected chi connectivity index (χ3v) is 4.67. The van der Waals surface area contributed by atoms with E-state index >= 15 is 0 Å². The predicted octanol–water partition coefficient (Wildman–Crippen LogP) is 3.53. The van der Waals surface area contributed by atoms with Crippen molar-refractivity contribution in [3.63, 3.8) is 0 Å². The van der Waals surface area contributed by atoms with E-state index in [-0.39, 0.29) is 5.56 Å². The zero-order valence-corrected chi connectivity index (χ0v) is 15.3. The van der Waals surface area contributed by atoms with E-state index in [0.717, 1.165) is 10.0 Å². The maximum absolute atomic E-state index is 12.8. The van der Waals surface area contributed by atoms with Crippen LogP contribution >= 0.6 is 15.9 Å². The Morgan fingerprint density at radius 3 is 2.50 bits per heavy atom. The lowest BCUT2D eigenvalue weighted by Gasteiger charge is -2.15. The molecule has 5 nitrogen and oxygen atoms in total. The van der Waals surface area contributed by atoms with Gasteiger partial charge in [-0.3, -0.25) is 9.36 Å². The lowest BCUT2D eigenvalue weighted by molar-refractivity contribution is 0.354. The Hall–Kier alpha value is -2.34. The monoisotopic (exact) mass is 388 g/mol. The lowest BCUT2D eigenvalue weighted by atomic mass is 10.2. The van der Waals surface area contributed by atoms with Gasteiger partial charge in [0.1, 0.15) is 5.82 Å². The number of halogens is 1. The van der Waals surface area contributed by atoms with Gasteiger partial charge in [-0.2, -0.15) is 0 Å². The summed E-state index contributed by atoms with van der Waals surface area (Å²) >= 11 is 3.54. The van der Waals surface area contributed by atoms with Crippen LogP contribution in [0, 0.1) is 6.92 Å². The van der Waals surface area contributed by atoms with Crippen LogP contribution < -0.4 is 15.0 Å². The second kappa shape index (κ2) is 6.65. The number of aryl methyl sites for hydroxylation is 1. The van der Waals surface area contributed by atoms with Gasteiger partial charge in [-0.05, 0) is 36.8 Å². The normalized spacial score (nSPS) is 10.8. The van der Waals surface area contributed by atoms with Crippen LogP contribution in [0.25, 0.3) is 10.9 Å². The standard InChI is InChI=1S/C18H17BrN2O3/c1-11-20-15-7-5-4-6-13(15)18(22)21(11)10-12-8-16(23-2)17(24-3)9-14(12)19/h4-9H,10H2,1-3H3. The minimum atomic E-state index is -0.0558. The molecule has 0 saturated heterocycles. The number of hydrogen-bond donors (Lipinski definition) is 0. The molecule has 1 aromatic heterocycles. The summed E-state index contributed by atoms with van der Waals surface area (Å²) in [6.07, 6.45) is 0. The molecule has 3 aromatic rings. The zero-order valence-electron chi connectivity index (χ0n) is 13.7. The third-order valence-electron chi connectivity index (χ3n) is 3.93. The van der Waals surface area contributed by atoms with E-state index in [4.69, 9.17) is 9.47 Å². The predicted molar refractivity (Wildman–Crippen MR) is 97.1 cm³/mol. The Bertz CT molecular complexity index is 966. The highest BCUT2D eigenvalue weighted by Crippen LogP contribution is 2.33. The topological polar surface area (TPSA) is 53.4 Å². The van der Waals surface area contributed by atoms with Gasteiger partial charge in [-0.15, -0.1) is 0 Å². The zero-order chi connectivity index (χ0) is 17.3. The number of rotatable bonds is 4. The molecule has 2 aromatic carbocycles. The average molecular weight is 389 g/mol. The van der Waals surface area contributed by atoms with Crippen LogP contribution in [0.4, 0.5) is 0 Å². The first-order valence-corrected chi connectivity index (χ1v) is 8.21. The first kappa shape index (κ1) is 16.5. The molecule has 124 valence electrons. The van der Waals surface area contributed by atoms with Gasteiger partial charge in [-0.25, -0.2) is 4.98 Å². The second-order valence-corrected chi connectivity index (χ2v) is 6.22. The highest BCUT2D eigenvalue weighted by Gasteiger charge is 2.13. The number of hydrogen-bond acceptors (Lipinski definition) is 4. The van der Waals surface area contributed by atoms with Crippen molar-refractivity contribution in [1.29, 1.82) is 0 Å². The molecular weight excluding hydrogens is 372 g/mol. The van der Waals surface area contributed by atoms with E-state index in [1.807, 2.05) is 37.3 Å². The van der Waals surface area contributed by atoms with Crippen molar-refractivity contribution >= 4 is 26.8 Å². The summed E-state index contributed by atoms with van der Waals surface area (Å²) in [5.41, 5.74) is 1.57. The summed E-state index contributed by atoms with van der Waals surface area (Å²) in [5, 5.41) is 0.611. The van der Waals surface area contributed by atoms with Gasteiger partial charge >= 0.3 is 0 Å². The van der Waals surface area contributed by atoms with Crippen LogP contribution in [0.1, 0.15) is 11.4 Å². The van der Waals surface area contributed by atoms with E-state index in [1.54, 1.807) is 24.9 Å². The van der Waals surface area contributed by atoms with Gasteiger partial charge in [0, 0.05) is 4.47 Å². The molecule has 0 fully saturated rings. The summed E-state index contributed by atoms with van der Waals surface area (Å²) in [6.45, 7) is 2.23. The molecule has 3 rings (SSSR count). The number of nitrogens with zero attached hydrogens (tertiary/aromatic N) is 2. The molecule has 0 N–H and O–H groups in total. The van der Waals surface area contributed by atoms with Gasteiger partial charge in [0.15, 0.2) is 11.5 Å². The van der Waals surface area contributed by atoms with Crippen LogP contribution in [-0.4, -0.2) is 23.8 Å². The van der Waals surface area contributed by atoms with Gasteiger partial charge in [0.2, 0.25) is 0 Å². The van der Waals surface area contributed by atoms with Crippen molar-refractivity contribution in [2.75, 3.05) is 14.2 Å². The fourth-order valence-electron chi connectivity index (χ4n) is 2.65. The smallest absolute Gasteiger partial charge is 0.261 e. The van der Waals surface area contributed by atoms with Crippen LogP contribution in [-0.2, 0) is 6.54 Å². The first-order chi connectivity index (χ1) is 11.5. The average Bonchev–Trinajstić information content (AvgIpc) is 2.59. The van der Waals surface area contributed by atoms with E-state index in [2.05, 4.69) is 20.9 Å². The quantitative estimate of drug-likeness (QED) is 0.685. The fourth-order valence-corrected chi connectivity index (χ4v) is 3.10. The molecular formula is C18H17BrN2O3.